The second kappa shape index (κ2) is 4.44. The Kier molecular flexibility index (Phi) is 3.51. The highest BCUT2D eigenvalue weighted by Gasteiger charge is 2.09. The lowest BCUT2D eigenvalue weighted by Crippen LogP contribution is -2.09. The van der Waals surface area contributed by atoms with Crippen LogP contribution >= 0.6 is 15.9 Å². The molecule has 1 rings (SSSR count). The number of phenols is 1. The first kappa shape index (κ1) is 10.3. The maximum absolute atomic E-state index is 9.50. The van der Waals surface area contributed by atoms with Gasteiger partial charge in [-0.05, 0) is 24.6 Å². The van der Waals surface area contributed by atoms with Gasteiger partial charge in [0.05, 0.1) is 0 Å². The van der Waals surface area contributed by atoms with Crippen molar-refractivity contribution in [2.45, 2.75) is 12.5 Å². The monoisotopic (exact) mass is 241 g/mol. The van der Waals surface area contributed by atoms with Gasteiger partial charge >= 0.3 is 0 Å². The molecule has 0 spiro atoms. The summed E-state index contributed by atoms with van der Waals surface area (Å²) < 4.78 is 0.916. The summed E-state index contributed by atoms with van der Waals surface area (Å²) in [5.74, 6) is 0.234. The second-order valence-electron chi connectivity index (χ2n) is 2.83. The fraction of sp³-hybridized carbons (Fsp3) is 0.200. The number of rotatable bonds is 3. The van der Waals surface area contributed by atoms with Gasteiger partial charge in [-0.2, -0.15) is 0 Å². The molecule has 0 amide bonds. The summed E-state index contributed by atoms with van der Waals surface area (Å²) in [5.41, 5.74) is 6.57. The maximum atomic E-state index is 9.50. The van der Waals surface area contributed by atoms with Gasteiger partial charge in [-0.1, -0.05) is 22.0 Å². The fourth-order valence-corrected chi connectivity index (χ4v) is 1.51. The van der Waals surface area contributed by atoms with Gasteiger partial charge in [0.25, 0.3) is 0 Å². The Morgan fingerprint density at radius 3 is 2.92 bits per heavy atom. The van der Waals surface area contributed by atoms with Crippen LogP contribution in [0.1, 0.15) is 18.0 Å². The van der Waals surface area contributed by atoms with Crippen LogP contribution in [0, 0.1) is 0 Å². The molecule has 1 aromatic rings. The van der Waals surface area contributed by atoms with Gasteiger partial charge in [-0.3, -0.25) is 0 Å². The van der Waals surface area contributed by atoms with Crippen LogP contribution in [0.5, 0.6) is 5.75 Å². The highest BCUT2D eigenvalue weighted by atomic mass is 79.9. The van der Waals surface area contributed by atoms with E-state index in [1.54, 1.807) is 18.2 Å². The summed E-state index contributed by atoms with van der Waals surface area (Å²) in [6, 6.07) is 5.04. The SMILES string of the molecule is C=CC[C@@H](N)c1cc(Br)ccc1O. The molecule has 3 heteroatoms. The van der Waals surface area contributed by atoms with Crippen LogP contribution in [0.2, 0.25) is 0 Å². The third kappa shape index (κ3) is 2.57. The molecule has 0 bridgehead atoms. The molecule has 0 saturated heterocycles. The number of hydrogen-bond donors (Lipinski definition) is 2. The third-order valence-electron chi connectivity index (χ3n) is 1.81. The molecular formula is C10H12BrNO. The molecule has 3 N–H and O–H groups in total. The normalized spacial score (nSPS) is 12.5. The first-order chi connectivity index (χ1) is 6.15. The molecule has 1 aromatic carbocycles. The van der Waals surface area contributed by atoms with E-state index in [9.17, 15) is 5.11 Å². The Morgan fingerprint density at radius 1 is 1.62 bits per heavy atom. The molecule has 70 valence electrons. The predicted molar refractivity (Wildman–Crippen MR) is 57.5 cm³/mol. The fourth-order valence-electron chi connectivity index (χ4n) is 1.13. The molecule has 1 atom stereocenters. The predicted octanol–water partition coefficient (Wildman–Crippen LogP) is 2.73. The van der Waals surface area contributed by atoms with Crippen LogP contribution in [-0.4, -0.2) is 5.11 Å². The minimum atomic E-state index is -0.185. The van der Waals surface area contributed by atoms with Crippen molar-refractivity contribution in [2.75, 3.05) is 0 Å². The highest BCUT2D eigenvalue weighted by Crippen LogP contribution is 2.27. The zero-order valence-corrected chi connectivity index (χ0v) is 8.79. The molecular weight excluding hydrogens is 230 g/mol. The third-order valence-corrected chi connectivity index (χ3v) is 2.30. The highest BCUT2D eigenvalue weighted by molar-refractivity contribution is 9.10. The van der Waals surface area contributed by atoms with Crippen LogP contribution < -0.4 is 5.73 Å². The van der Waals surface area contributed by atoms with Crippen LogP contribution in [0.3, 0.4) is 0 Å². The van der Waals surface area contributed by atoms with Crippen LogP contribution in [0.4, 0.5) is 0 Å². The summed E-state index contributed by atoms with van der Waals surface area (Å²) in [6.07, 6.45) is 2.40. The molecule has 0 aromatic heterocycles. The van der Waals surface area contributed by atoms with E-state index in [1.165, 1.54) is 0 Å². The van der Waals surface area contributed by atoms with E-state index in [2.05, 4.69) is 22.5 Å². The van der Waals surface area contributed by atoms with Crippen LogP contribution in [-0.2, 0) is 0 Å². The number of halogens is 1. The molecule has 0 radical (unpaired) electrons. The number of hydrogen-bond acceptors (Lipinski definition) is 2. The van der Waals surface area contributed by atoms with Crippen molar-refractivity contribution < 1.29 is 5.11 Å². The molecule has 0 unspecified atom stereocenters. The minimum absolute atomic E-state index is 0.185. The van der Waals surface area contributed by atoms with E-state index in [4.69, 9.17) is 5.73 Å². The number of aromatic hydroxyl groups is 1. The lowest BCUT2D eigenvalue weighted by molar-refractivity contribution is 0.461. The van der Waals surface area contributed by atoms with Gasteiger partial charge in [-0.25, -0.2) is 0 Å². The summed E-state index contributed by atoms with van der Waals surface area (Å²) in [6.45, 7) is 3.60. The van der Waals surface area contributed by atoms with Gasteiger partial charge in [0, 0.05) is 16.1 Å². The zero-order chi connectivity index (χ0) is 9.84. The van der Waals surface area contributed by atoms with Crippen molar-refractivity contribution in [1.82, 2.24) is 0 Å². The van der Waals surface area contributed by atoms with Gasteiger partial charge in [-0.15, -0.1) is 6.58 Å². The summed E-state index contributed by atoms with van der Waals surface area (Å²) in [7, 11) is 0. The Morgan fingerprint density at radius 2 is 2.31 bits per heavy atom. The average molecular weight is 242 g/mol. The van der Waals surface area contributed by atoms with E-state index in [0.29, 0.717) is 6.42 Å². The van der Waals surface area contributed by atoms with Crippen molar-refractivity contribution in [3.05, 3.63) is 40.9 Å². The molecule has 0 aliphatic heterocycles. The lowest BCUT2D eigenvalue weighted by atomic mass is 10.0. The molecule has 13 heavy (non-hydrogen) atoms. The largest absolute Gasteiger partial charge is 0.508 e. The number of phenolic OH excluding ortho intramolecular Hbond substituents is 1. The Hall–Kier alpha value is -0.800. The molecule has 2 nitrogen and oxygen atoms in total. The molecule has 0 heterocycles. The Bertz CT molecular complexity index is 312. The molecule has 0 aliphatic carbocycles. The van der Waals surface area contributed by atoms with Gasteiger partial charge < -0.3 is 10.8 Å². The van der Waals surface area contributed by atoms with Crippen molar-refractivity contribution >= 4 is 15.9 Å². The van der Waals surface area contributed by atoms with Crippen LogP contribution in [0.25, 0.3) is 0 Å². The van der Waals surface area contributed by atoms with Crippen LogP contribution in [0.15, 0.2) is 35.3 Å². The van der Waals surface area contributed by atoms with E-state index in [1.807, 2.05) is 6.07 Å². The molecule has 0 saturated carbocycles. The second-order valence-corrected chi connectivity index (χ2v) is 3.75. The van der Waals surface area contributed by atoms with Crippen molar-refractivity contribution in [1.29, 1.82) is 0 Å². The van der Waals surface area contributed by atoms with Crippen molar-refractivity contribution in [2.24, 2.45) is 5.73 Å². The van der Waals surface area contributed by atoms with E-state index >= 15 is 0 Å². The van der Waals surface area contributed by atoms with Gasteiger partial charge in [0.15, 0.2) is 0 Å². The standard InChI is InChI=1S/C10H12BrNO/c1-2-3-9(12)8-6-7(11)4-5-10(8)13/h2,4-6,9,13H,1,3,12H2/t9-/m1/s1. The van der Waals surface area contributed by atoms with E-state index in [-0.39, 0.29) is 11.8 Å². The van der Waals surface area contributed by atoms with Crippen molar-refractivity contribution in [3.8, 4) is 5.75 Å². The minimum Gasteiger partial charge on any atom is -0.508 e. The zero-order valence-electron chi connectivity index (χ0n) is 7.20. The smallest absolute Gasteiger partial charge is 0.120 e. The first-order valence-electron chi connectivity index (χ1n) is 4.00. The Labute approximate surface area is 86.2 Å². The lowest BCUT2D eigenvalue weighted by Gasteiger charge is -2.11. The summed E-state index contributed by atoms with van der Waals surface area (Å²) >= 11 is 3.32. The molecule has 0 fully saturated rings. The van der Waals surface area contributed by atoms with Gasteiger partial charge in [0.1, 0.15) is 5.75 Å². The Balaban J connectivity index is 2.97. The topological polar surface area (TPSA) is 46.2 Å². The quantitative estimate of drug-likeness (QED) is 0.800. The number of nitrogens with two attached hydrogens (primary N) is 1. The summed E-state index contributed by atoms with van der Waals surface area (Å²) in [5, 5.41) is 9.50. The molecule has 0 aliphatic rings. The maximum Gasteiger partial charge on any atom is 0.120 e. The van der Waals surface area contributed by atoms with Crippen molar-refractivity contribution in [3.63, 3.8) is 0 Å². The number of benzene rings is 1. The van der Waals surface area contributed by atoms with Gasteiger partial charge in [0.2, 0.25) is 0 Å². The average Bonchev–Trinajstić information content (AvgIpc) is 2.09. The first-order valence-corrected chi connectivity index (χ1v) is 4.79. The van der Waals surface area contributed by atoms with E-state index < -0.39 is 0 Å². The summed E-state index contributed by atoms with van der Waals surface area (Å²) in [4.78, 5) is 0. The van der Waals surface area contributed by atoms with E-state index in [0.717, 1.165) is 10.0 Å².